The minimum Gasteiger partial charge on any atom is -0.472 e. The van der Waals surface area contributed by atoms with Gasteiger partial charge in [0.2, 0.25) is 0 Å². The number of ketones is 1. The number of furan rings is 1. The third-order valence-corrected chi connectivity index (χ3v) is 10.7. The molecule has 10 nitrogen and oxygen atoms in total. The number of cyclic esters (lactones) is 2. The van der Waals surface area contributed by atoms with Gasteiger partial charge in [0, 0.05) is 28.7 Å². The smallest absolute Gasteiger partial charge is 0.339 e. The number of carbonyl (C=O) groups excluding carboxylic acids is 4. The average Bonchev–Trinajstić information content (AvgIpc) is 3.40. The number of aliphatic hydroxyl groups is 1. The van der Waals surface area contributed by atoms with E-state index in [1.54, 1.807) is 26.8 Å². The second-order valence-corrected chi connectivity index (χ2v) is 12.9. The van der Waals surface area contributed by atoms with E-state index in [4.69, 9.17) is 23.4 Å². The van der Waals surface area contributed by atoms with Gasteiger partial charge in [-0.1, -0.05) is 20.8 Å². The molecule has 0 radical (unpaired) electrons. The van der Waals surface area contributed by atoms with Crippen LogP contribution >= 0.6 is 0 Å². The standard InChI is InChI=1S/C28H34O10/c1-13(29)35-16-11-17(30)37-24(2,3)19-18(31)20(32)27(6)15(26(16,19)5)7-9-25(4)21(14-8-10-34-12-14)36-23(33)22-28(25,27)38-22/h8,10,12,15-16,19-22,32H,7,9,11H2,1-6H3/t15-,16-,19+,20+,21+,22-,25+,26+,27+,28-/m1/s1. The molecular weight excluding hydrogens is 496 g/mol. The van der Waals surface area contributed by atoms with Crippen molar-refractivity contribution >= 4 is 23.7 Å². The highest BCUT2D eigenvalue weighted by molar-refractivity contribution is 5.92. The number of aliphatic hydroxyl groups excluding tert-OH is 1. The van der Waals surface area contributed by atoms with Crippen molar-refractivity contribution in [2.24, 2.45) is 28.1 Å². The minimum atomic E-state index is -1.53. The third kappa shape index (κ3) is 2.75. The van der Waals surface area contributed by atoms with E-state index in [0.717, 1.165) is 0 Å². The molecule has 1 N–H and O–H groups in total. The van der Waals surface area contributed by atoms with Crippen LogP contribution in [0.3, 0.4) is 0 Å². The van der Waals surface area contributed by atoms with Crippen molar-refractivity contribution in [2.75, 3.05) is 0 Å². The van der Waals surface area contributed by atoms with Crippen LogP contribution in [0.25, 0.3) is 0 Å². The van der Waals surface area contributed by atoms with Crippen molar-refractivity contribution in [2.45, 2.75) is 96.4 Å². The fraction of sp³-hybridized carbons (Fsp3) is 0.714. The number of fused-ring (bicyclic) bond motifs is 3. The zero-order chi connectivity index (χ0) is 27.6. The quantitative estimate of drug-likeness (QED) is 0.344. The van der Waals surface area contributed by atoms with Gasteiger partial charge in [-0.3, -0.25) is 14.4 Å². The lowest BCUT2D eigenvalue weighted by molar-refractivity contribution is -0.260. The number of hydrogen-bond acceptors (Lipinski definition) is 10. The lowest BCUT2D eigenvalue weighted by Crippen LogP contribution is -2.76. The predicted octanol–water partition coefficient (Wildman–Crippen LogP) is 2.66. The Morgan fingerprint density at radius 2 is 1.82 bits per heavy atom. The van der Waals surface area contributed by atoms with Crippen molar-refractivity contribution in [3.63, 3.8) is 0 Å². The summed E-state index contributed by atoms with van der Waals surface area (Å²) < 4.78 is 29.0. The van der Waals surface area contributed by atoms with Gasteiger partial charge in [0.05, 0.1) is 24.9 Å². The molecule has 38 heavy (non-hydrogen) atoms. The first-order chi connectivity index (χ1) is 17.7. The fourth-order valence-electron chi connectivity index (χ4n) is 9.46. The Bertz CT molecular complexity index is 1240. The van der Waals surface area contributed by atoms with Crippen LogP contribution in [0.15, 0.2) is 23.0 Å². The Kier molecular flexibility index (Phi) is 5.02. The first kappa shape index (κ1) is 25.6. The highest BCUT2D eigenvalue weighted by Gasteiger charge is 2.89. The third-order valence-electron chi connectivity index (χ3n) is 10.7. The van der Waals surface area contributed by atoms with Crippen molar-refractivity contribution in [3.05, 3.63) is 24.2 Å². The molecule has 6 rings (SSSR count). The Hall–Kier alpha value is -2.72. The molecule has 1 aromatic rings. The lowest BCUT2D eigenvalue weighted by Gasteiger charge is -2.67. The topological polar surface area (TPSA) is 142 Å². The monoisotopic (exact) mass is 530 g/mol. The molecule has 0 unspecified atom stereocenters. The lowest BCUT2D eigenvalue weighted by atomic mass is 9.36. The summed E-state index contributed by atoms with van der Waals surface area (Å²) in [6, 6.07) is 1.74. The number of esters is 3. The van der Waals surface area contributed by atoms with E-state index in [2.05, 4.69) is 0 Å². The van der Waals surface area contributed by atoms with Crippen LogP contribution in [0.4, 0.5) is 0 Å². The molecule has 4 heterocycles. The van der Waals surface area contributed by atoms with Gasteiger partial charge in [0.15, 0.2) is 11.9 Å². The average molecular weight is 531 g/mol. The maximum atomic E-state index is 14.3. The van der Waals surface area contributed by atoms with Crippen molar-refractivity contribution < 1.29 is 47.6 Å². The molecule has 3 aliphatic heterocycles. The summed E-state index contributed by atoms with van der Waals surface area (Å²) in [4.78, 5) is 52.7. The SMILES string of the molecule is CC(=O)O[C@@H]1CC(=O)OC(C)(C)[C@@H]2C(=O)[C@H](O)[C@]3(C)[C@H](CC[C@@]4(C)[C@H](c5ccoc5)OC(=O)[C@H]5O[C@@]534)[C@@]12C. The molecule has 1 spiro atoms. The normalized spacial score (nSPS) is 48.8. The molecule has 2 aliphatic carbocycles. The van der Waals surface area contributed by atoms with Crippen LogP contribution in [0.1, 0.15) is 72.5 Å². The second-order valence-electron chi connectivity index (χ2n) is 12.9. The zero-order valence-corrected chi connectivity index (χ0v) is 22.4. The number of Topliss-reactive ketones (excluding diaryl/α,β-unsaturated/α-hetero) is 1. The summed E-state index contributed by atoms with van der Waals surface area (Å²) in [5.41, 5.74) is -5.00. The van der Waals surface area contributed by atoms with Gasteiger partial charge in [0.1, 0.15) is 29.5 Å². The largest absolute Gasteiger partial charge is 0.472 e. The van der Waals surface area contributed by atoms with Gasteiger partial charge in [-0.2, -0.15) is 0 Å². The molecule has 1 aromatic heterocycles. The Morgan fingerprint density at radius 3 is 2.45 bits per heavy atom. The van der Waals surface area contributed by atoms with Crippen LogP contribution in [0, 0.1) is 28.1 Å². The maximum Gasteiger partial charge on any atom is 0.339 e. The van der Waals surface area contributed by atoms with E-state index in [1.165, 1.54) is 19.5 Å². The van der Waals surface area contributed by atoms with E-state index < -0.39 is 87.4 Å². The van der Waals surface area contributed by atoms with Crippen LogP contribution in [0.5, 0.6) is 0 Å². The molecule has 10 atom stereocenters. The highest BCUT2D eigenvalue weighted by atomic mass is 16.7. The van der Waals surface area contributed by atoms with Crippen LogP contribution < -0.4 is 0 Å². The van der Waals surface area contributed by atoms with E-state index in [9.17, 15) is 24.3 Å². The first-order valence-electron chi connectivity index (χ1n) is 13.2. The number of epoxide rings is 1. The summed E-state index contributed by atoms with van der Waals surface area (Å²) >= 11 is 0. The van der Waals surface area contributed by atoms with E-state index in [1.807, 2.05) is 13.8 Å². The highest BCUT2D eigenvalue weighted by Crippen LogP contribution is 2.79. The Labute approximate surface area is 220 Å². The maximum absolute atomic E-state index is 14.3. The van der Waals surface area contributed by atoms with Crippen LogP contribution in [-0.4, -0.2) is 58.3 Å². The van der Waals surface area contributed by atoms with Gasteiger partial charge in [0.25, 0.3) is 0 Å². The van der Waals surface area contributed by atoms with Crippen LogP contribution in [-0.2, 0) is 38.1 Å². The van der Waals surface area contributed by atoms with Crippen molar-refractivity contribution in [3.8, 4) is 0 Å². The van der Waals surface area contributed by atoms with E-state index in [-0.39, 0.29) is 6.42 Å². The number of rotatable bonds is 2. The predicted molar refractivity (Wildman–Crippen MR) is 127 cm³/mol. The van der Waals surface area contributed by atoms with E-state index >= 15 is 0 Å². The molecule has 0 aromatic carbocycles. The summed E-state index contributed by atoms with van der Waals surface area (Å²) in [7, 11) is 0. The van der Waals surface area contributed by atoms with Gasteiger partial charge < -0.3 is 28.5 Å². The molecule has 10 heteroatoms. The molecule has 5 aliphatic rings. The Balaban J connectivity index is 1.57. The van der Waals surface area contributed by atoms with Gasteiger partial charge in [-0.25, -0.2) is 4.79 Å². The van der Waals surface area contributed by atoms with Crippen molar-refractivity contribution in [1.29, 1.82) is 0 Å². The summed E-state index contributed by atoms with van der Waals surface area (Å²) in [6.07, 6.45) is -0.340. The molecule has 5 fully saturated rings. The number of ether oxygens (including phenoxy) is 4. The first-order valence-corrected chi connectivity index (χ1v) is 13.2. The summed E-state index contributed by atoms with van der Waals surface area (Å²) in [6.45, 7) is 10.2. The van der Waals surface area contributed by atoms with Gasteiger partial charge >= 0.3 is 17.9 Å². The van der Waals surface area contributed by atoms with Crippen molar-refractivity contribution in [1.82, 2.24) is 0 Å². The molecule has 3 saturated heterocycles. The van der Waals surface area contributed by atoms with E-state index in [0.29, 0.717) is 18.4 Å². The zero-order valence-electron chi connectivity index (χ0n) is 22.4. The summed E-state index contributed by atoms with van der Waals surface area (Å²) in [5, 5.41) is 11.9. The summed E-state index contributed by atoms with van der Waals surface area (Å²) in [5.74, 6) is -3.67. The molecule has 0 amide bonds. The van der Waals surface area contributed by atoms with Crippen LogP contribution in [0.2, 0.25) is 0 Å². The molecule has 0 bridgehead atoms. The fourth-order valence-corrected chi connectivity index (χ4v) is 9.46. The number of carbonyl (C=O) groups is 4. The second kappa shape index (κ2) is 7.47. The van der Waals surface area contributed by atoms with Gasteiger partial charge in [-0.05, 0) is 38.7 Å². The Morgan fingerprint density at radius 1 is 1.11 bits per heavy atom. The minimum absolute atomic E-state index is 0.222. The molecule has 206 valence electrons. The molecule has 2 saturated carbocycles. The molecular formula is C28H34O10. The number of hydrogen-bond donors (Lipinski definition) is 1. The van der Waals surface area contributed by atoms with Gasteiger partial charge in [-0.15, -0.1) is 0 Å².